The van der Waals surface area contributed by atoms with E-state index < -0.39 is 0 Å². The molecule has 3 nitrogen and oxygen atoms in total. The first kappa shape index (κ1) is 12.0. The Bertz CT molecular complexity index is 398. The van der Waals surface area contributed by atoms with Crippen LogP contribution >= 0.6 is 11.3 Å². The van der Waals surface area contributed by atoms with Gasteiger partial charge in [0.2, 0.25) is 0 Å². The third kappa shape index (κ3) is 2.39. The number of likely N-dealkylation sites (tertiary alicyclic amines) is 1. The van der Waals surface area contributed by atoms with E-state index >= 15 is 0 Å². The van der Waals surface area contributed by atoms with Crippen molar-refractivity contribution >= 4 is 17.4 Å². The van der Waals surface area contributed by atoms with Gasteiger partial charge in [-0.15, -0.1) is 11.3 Å². The fourth-order valence-corrected chi connectivity index (χ4v) is 3.99. The van der Waals surface area contributed by atoms with Crippen molar-refractivity contribution in [3.05, 3.63) is 22.4 Å². The molecule has 1 aromatic rings. The lowest BCUT2D eigenvalue weighted by Crippen LogP contribution is -2.43. The van der Waals surface area contributed by atoms with Gasteiger partial charge in [-0.05, 0) is 37.1 Å². The van der Waals surface area contributed by atoms with E-state index in [4.69, 9.17) is 0 Å². The first-order valence-corrected chi connectivity index (χ1v) is 7.83. The van der Waals surface area contributed by atoms with Crippen LogP contribution in [-0.2, 0) is 0 Å². The van der Waals surface area contributed by atoms with Crippen molar-refractivity contribution in [2.75, 3.05) is 6.54 Å². The molecule has 1 atom stereocenters. The van der Waals surface area contributed by atoms with Crippen LogP contribution in [0, 0.1) is 0 Å². The minimum Gasteiger partial charge on any atom is -0.335 e. The minimum atomic E-state index is 0.151. The Balaban J connectivity index is 1.65. The largest absolute Gasteiger partial charge is 0.335 e. The summed E-state index contributed by atoms with van der Waals surface area (Å²) in [7, 11) is 0. The lowest BCUT2D eigenvalue weighted by molar-refractivity contribution is 0.189. The molecular weight excluding hydrogens is 244 g/mol. The molecule has 1 saturated heterocycles. The third-order valence-electron chi connectivity index (χ3n) is 4.07. The smallest absolute Gasteiger partial charge is 0.318 e. The number of hydrogen-bond donors (Lipinski definition) is 1. The normalized spacial score (nSPS) is 24.7. The molecule has 1 saturated carbocycles. The molecule has 18 heavy (non-hydrogen) atoms. The highest BCUT2D eigenvalue weighted by Crippen LogP contribution is 2.34. The molecule has 0 aromatic carbocycles. The van der Waals surface area contributed by atoms with E-state index in [1.54, 1.807) is 11.3 Å². The molecule has 2 fully saturated rings. The van der Waals surface area contributed by atoms with Gasteiger partial charge in [0.25, 0.3) is 0 Å². The summed E-state index contributed by atoms with van der Waals surface area (Å²) in [6.07, 6.45) is 7.07. The van der Waals surface area contributed by atoms with Gasteiger partial charge in [0, 0.05) is 17.5 Å². The first-order valence-electron chi connectivity index (χ1n) is 6.95. The number of nitrogens with zero attached hydrogens (tertiary/aromatic N) is 1. The van der Waals surface area contributed by atoms with Gasteiger partial charge in [0.15, 0.2) is 0 Å². The van der Waals surface area contributed by atoms with Gasteiger partial charge in [0.05, 0.1) is 6.04 Å². The van der Waals surface area contributed by atoms with E-state index in [2.05, 4.69) is 22.8 Å². The Morgan fingerprint density at radius 3 is 2.83 bits per heavy atom. The van der Waals surface area contributed by atoms with Gasteiger partial charge in [-0.3, -0.25) is 0 Å². The van der Waals surface area contributed by atoms with Crippen LogP contribution in [0.5, 0.6) is 0 Å². The summed E-state index contributed by atoms with van der Waals surface area (Å²) in [4.78, 5) is 15.7. The quantitative estimate of drug-likeness (QED) is 0.870. The molecule has 1 aliphatic carbocycles. The van der Waals surface area contributed by atoms with Crippen LogP contribution in [0.4, 0.5) is 4.79 Å². The van der Waals surface area contributed by atoms with Crippen LogP contribution in [0.1, 0.15) is 49.4 Å². The highest BCUT2D eigenvalue weighted by atomic mass is 32.1. The molecule has 0 bridgehead atoms. The number of carbonyl (C=O) groups excluding carboxylic acids is 1. The van der Waals surface area contributed by atoms with Gasteiger partial charge in [-0.1, -0.05) is 18.9 Å². The number of carbonyl (C=O) groups is 1. The van der Waals surface area contributed by atoms with Crippen molar-refractivity contribution in [3.63, 3.8) is 0 Å². The Labute approximate surface area is 112 Å². The van der Waals surface area contributed by atoms with Crippen LogP contribution in [-0.4, -0.2) is 23.5 Å². The molecule has 3 rings (SSSR count). The Hall–Kier alpha value is -1.03. The summed E-state index contributed by atoms with van der Waals surface area (Å²) < 4.78 is 0. The number of rotatable bonds is 2. The summed E-state index contributed by atoms with van der Waals surface area (Å²) in [6, 6.07) is 5.10. The molecule has 1 aliphatic heterocycles. The molecule has 0 spiro atoms. The minimum absolute atomic E-state index is 0.151. The van der Waals surface area contributed by atoms with Crippen LogP contribution in [0.25, 0.3) is 0 Å². The highest BCUT2D eigenvalue weighted by Gasteiger charge is 2.31. The standard InChI is InChI=1S/C14H20N2OS/c17-14(15-11-5-1-2-6-11)16-9-3-7-12(16)13-8-4-10-18-13/h4,8,10-12H,1-3,5-7,9H2,(H,15,17)/t12-/m0/s1. The molecule has 2 heterocycles. The van der Waals surface area contributed by atoms with Gasteiger partial charge in [-0.2, -0.15) is 0 Å². The Morgan fingerprint density at radius 1 is 1.28 bits per heavy atom. The second kappa shape index (κ2) is 5.31. The van der Waals surface area contributed by atoms with Gasteiger partial charge in [0.1, 0.15) is 0 Å². The van der Waals surface area contributed by atoms with Gasteiger partial charge < -0.3 is 10.2 Å². The van der Waals surface area contributed by atoms with E-state index in [1.807, 2.05) is 4.90 Å². The fraction of sp³-hybridized carbons (Fsp3) is 0.643. The maximum Gasteiger partial charge on any atom is 0.318 e. The molecule has 2 amide bonds. The van der Waals surface area contributed by atoms with Crippen LogP contribution in [0.15, 0.2) is 17.5 Å². The second-order valence-electron chi connectivity index (χ2n) is 5.30. The topological polar surface area (TPSA) is 32.3 Å². The maximum absolute atomic E-state index is 12.3. The Morgan fingerprint density at radius 2 is 2.11 bits per heavy atom. The van der Waals surface area contributed by atoms with Gasteiger partial charge in [-0.25, -0.2) is 4.79 Å². The molecule has 1 aromatic heterocycles. The van der Waals surface area contributed by atoms with Crippen molar-refractivity contribution in [1.29, 1.82) is 0 Å². The molecule has 0 unspecified atom stereocenters. The number of thiophene rings is 1. The van der Waals surface area contributed by atoms with Crippen LogP contribution < -0.4 is 5.32 Å². The number of urea groups is 1. The molecule has 4 heteroatoms. The molecule has 0 radical (unpaired) electrons. The second-order valence-corrected chi connectivity index (χ2v) is 6.28. The average molecular weight is 264 g/mol. The summed E-state index contributed by atoms with van der Waals surface area (Å²) in [6.45, 7) is 0.904. The molecule has 98 valence electrons. The average Bonchev–Trinajstić information content (AvgIpc) is 3.11. The monoisotopic (exact) mass is 264 g/mol. The molecule has 1 N–H and O–H groups in total. The van der Waals surface area contributed by atoms with Crippen molar-refractivity contribution in [2.45, 2.75) is 50.6 Å². The van der Waals surface area contributed by atoms with E-state index in [1.165, 1.54) is 17.7 Å². The molecular formula is C14H20N2OS. The highest BCUT2D eigenvalue weighted by molar-refractivity contribution is 7.10. The lowest BCUT2D eigenvalue weighted by Gasteiger charge is -2.26. The predicted molar refractivity (Wildman–Crippen MR) is 73.8 cm³/mol. The summed E-state index contributed by atoms with van der Waals surface area (Å²) in [5.74, 6) is 0. The summed E-state index contributed by atoms with van der Waals surface area (Å²) in [5.41, 5.74) is 0. The Kier molecular flexibility index (Phi) is 3.55. The van der Waals surface area contributed by atoms with Crippen LogP contribution in [0.2, 0.25) is 0 Å². The molecule has 2 aliphatic rings. The van der Waals surface area contributed by atoms with Crippen molar-refractivity contribution < 1.29 is 4.79 Å². The summed E-state index contributed by atoms with van der Waals surface area (Å²) >= 11 is 1.76. The van der Waals surface area contributed by atoms with Crippen LogP contribution in [0.3, 0.4) is 0 Å². The zero-order chi connectivity index (χ0) is 12.4. The zero-order valence-corrected chi connectivity index (χ0v) is 11.4. The van der Waals surface area contributed by atoms with E-state index in [0.717, 1.165) is 32.2 Å². The van der Waals surface area contributed by atoms with Crippen molar-refractivity contribution in [1.82, 2.24) is 10.2 Å². The summed E-state index contributed by atoms with van der Waals surface area (Å²) in [5, 5.41) is 5.30. The van der Waals surface area contributed by atoms with Crippen molar-refractivity contribution in [2.24, 2.45) is 0 Å². The number of amides is 2. The third-order valence-corrected chi connectivity index (χ3v) is 5.04. The maximum atomic E-state index is 12.3. The van der Waals surface area contributed by atoms with Crippen molar-refractivity contribution in [3.8, 4) is 0 Å². The lowest BCUT2D eigenvalue weighted by atomic mass is 10.2. The zero-order valence-electron chi connectivity index (χ0n) is 10.6. The number of nitrogens with one attached hydrogen (secondary N) is 1. The van der Waals surface area contributed by atoms with E-state index in [-0.39, 0.29) is 6.03 Å². The number of hydrogen-bond acceptors (Lipinski definition) is 2. The van der Waals surface area contributed by atoms with E-state index in [9.17, 15) is 4.79 Å². The van der Waals surface area contributed by atoms with E-state index in [0.29, 0.717) is 12.1 Å². The fourth-order valence-electron chi connectivity index (χ4n) is 3.11. The SMILES string of the molecule is O=C(NC1CCCC1)N1CCC[C@H]1c1cccs1. The predicted octanol–water partition coefficient (Wildman–Crippen LogP) is 3.54. The van der Waals surface area contributed by atoms with Gasteiger partial charge >= 0.3 is 6.03 Å². The first-order chi connectivity index (χ1) is 8.84.